The van der Waals surface area contributed by atoms with Crippen molar-refractivity contribution in [3.8, 4) is 0 Å². The minimum absolute atomic E-state index is 0.165. The van der Waals surface area contributed by atoms with Crippen LogP contribution in [0.25, 0.3) is 0 Å². The number of thiophene rings is 1. The summed E-state index contributed by atoms with van der Waals surface area (Å²) in [6, 6.07) is 11.2. The van der Waals surface area contributed by atoms with E-state index in [2.05, 4.69) is 44.3 Å². The molecule has 9 heteroatoms. The first-order valence-electron chi connectivity index (χ1n) is 9.45. The van der Waals surface area contributed by atoms with Crippen molar-refractivity contribution in [2.75, 3.05) is 32.7 Å². The number of nitrogens with zero attached hydrogens (tertiary/aromatic N) is 2. The summed E-state index contributed by atoms with van der Waals surface area (Å²) in [7, 11) is -3.56. The van der Waals surface area contributed by atoms with Gasteiger partial charge in [-0.2, -0.15) is 4.31 Å². The lowest BCUT2D eigenvalue weighted by Gasteiger charge is -2.34. The van der Waals surface area contributed by atoms with Gasteiger partial charge in [0.1, 0.15) is 4.21 Å². The summed E-state index contributed by atoms with van der Waals surface area (Å²) >= 11 is 6.92. The lowest BCUT2D eigenvalue weighted by molar-refractivity contribution is 0.170. The Hall–Kier alpha value is -1.61. The number of nitrogens with one attached hydrogen (secondary N) is 1. The summed E-state index contributed by atoms with van der Waals surface area (Å²) in [6.45, 7) is 8.00. The summed E-state index contributed by atoms with van der Waals surface area (Å²) in [5.41, 5.74) is 2.15. The largest absolute Gasteiger partial charge is 0.337 e. The summed E-state index contributed by atoms with van der Waals surface area (Å²) in [5.74, 6) is 0. The van der Waals surface area contributed by atoms with Crippen LogP contribution < -0.4 is 5.32 Å². The van der Waals surface area contributed by atoms with E-state index in [9.17, 15) is 13.2 Å². The number of aryl methyl sites for hydroxylation is 1. The smallest absolute Gasteiger partial charge is 0.317 e. The van der Waals surface area contributed by atoms with Crippen LogP contribution in [0.5, 0.6) is 0 Å². The Kier molecular flexibility index (Phi) is 6.57. The molecule has 0 spiro atoms. The van der Waals surface area contributed by atoms with Gasteiger partial charge in [-0.25, -0.2) is 13.2 Å². The molecule has 1 aliphatic heterocycles. The molecule has 6 nitrogen and oxygen atoms in total. The lowest BCUT2D eigenvalue weighted by Crippen LogP contribution is -2.54. The highest BCUT2D eigenvalue weighted by Crippen LogP contribution is 2.28. The van der Waals surface area contributed by atoms with Crippen molar-refractivity contribution in [2.45, 2.75) is 30.4 Å². The number of hydrogen-bond acceptors (Lipinski definition) is 4. The second kappa shape index (κ2) is 8.63. The molecule has 1 aromatic heterocycles. The van der Waals surface area contributed by atoms with E-state index in [1.807, 2.05) is 6.07 Å². The van der Waals surface area contributed by atoms with Crippen molar-refractivity contribution in [3.63, 3.8) is 0 Å². The van der Waals surface area contributed by atoms with Crippen LogP contribution in [0.4, 0.5) is 4.79 Å². The molecule has 29 heavy (non-hydrogen) atoms. The molecule has 2 heterocycles. The molecule has 1 saturated heterocycles. The Balaban J connectivity index is 1.55. The molecule has 2 aromatic rings. The van der Waals surface area contributed by atoms with Crippen LogP contribution in [0.1, 0.15) is 25.0 Å². The van der Waals surface area contributed by atoms with Crippen molar-refractivity contribution in [3.05, 3.63) is 51.9 Å². The quantitative estimate of drug-likeness (QED) is 0.747. The number of hydrogen-bond donors (Lipinski definition) is 1. The normalized spacial score (nSPS) is 16.1. The highest BCUT2D eigenvalue weighted by atomic mass is 35.5. The van der Waals surface area contributed by atoms with E-state index >= 15 is 0 Å². The van der Waals surface area contributed by atoms with Gasteiger partial charge < -0.3 is 10.2 Å². The molecule has 2 amide bonds. The second-order valence-electron chi connectivity index (χ2n) is 7.86. The van der Waals surface area contributed by atoms with Crippen LogP contribution in [0, 0.1) is 6.92 Å². The van der Waals surface area contributed by atoms with Gasteiger partial charge in [-0.05, 0) is 24.6 Å². The zero-order chi connectivity index (χ0) is 21.2. The van der Waals surface area contributed by atoms with Gasteiger partial charge in [0, 0.05) is 38.1 Å². The van der Waals surface area contributed by atoms with Crippen molar-refractivity contribution in [1.29, 1.82) is 0 Å². The third-order valence-corrected chi connectivity index (χ3v) is 8.75. The number of carbonyl (C=O) groups excluding carboxylic acids is 1. The van der Waals surface area contributed by atoms with Crippen molar-refractivity contribution >= 4 is 39.0 Å². The SMILES string of the molecule is Cc1cccc(C(C)(C)CNC(=O)N2CCN(S(=O)(=O)c3ccc(Cl)s3)CC2)c1. The minimum atomic E-state index is -3.56. The van der Waals surface area contributed by atoms with Crippen LogP contribution in [-0.4, -0.2) is 56.4 Å². The van der Waals surface area contributed by atoms with Crippen LogP contribution >= 0.6 is 22.9 Å². The fourth-order valence-corrected chi connectivity index (χ4v) is 6.33. The Morgan fingerprint density at radius 1 is 1.17 bits per heavy atom. The van der Waals surface area contributed by atoms with E-state index < -0.39 is 10.0 Å². The van der Waals surface area contributed by atoms with Gasteiger partial charge in [-0.1, -0.05) is 55.3 Å². The maximum atomic E-state index is 12.7. The Morgan fingerprint density at radius 3 is 2.45 bits per heavy atom. The molecule has 0 bridgehead atoms. The Labute approximate surface area is 181 Å². The summed E-state index contributed by atoms with van der Waals surface area (Å²) < 4.78 is 27.4. The first-order chi connectivity index (χ1) is 13.6. The van der Waals surface area contributed by atoms with Crippen molar-refractivity contribution < 1.29 is 13.2 Å². The maximum absolute atomic E-state index is 12.7. The molecule has 0 radical (unpaired) electrons. The van der Waals surface area contributed by atoms with Gasteiger partial charge in [0.2, 0.25) is 0 Å². The lowest BCUT2D eigenvalue weighted by atomic mass is 9.84. The first-order valence-corrected chi connectivity index (χ1v) is 12.1. The number of urea groups is 1. The Morgan fingerprint density at radius 2 is 1.86 bits per heavy atom. The van der Waals surface area contributed by atoms with Gasteiger partial charge in [0.25, 0.3) is 10.0 Å². The van der Waals surface area contributed by atoms with E-state index in [1.165, 1.54) is 21.5 Å². The first kappa shape index (κ1) is 22.1. The molecule has 0 saturated carbocycles. The molecule has 0 aliphatic carbocycles. The fourth-order valence-electron chi connectivity index (χ4n) is 3.27. The van der Waals surface area contributed by atoms with Gasteiger partial charge >= 0.3 is 6.03 Å². The topological polar surface area (TPSA) is 69.7 Å². The van der Waals surface area contributed by atoms with E-state index in [0.29, 0.717) is 24.0 Å². The molecule has 0 unspecified atom stereocenters. The highest BCUT2D eigenvalue weighted by molar-refractivity contribution is 7.91. The highest BCUT2D eigenvalue weighted by Gasteiger charge is 2.31. The molecule has 1 N–H and O–H groups in total. The van der Waals surface area contributed by atoms with E-state index in [4.69, 9.17) is 11.6 Å². The second-order valence-corrected chi connectivity index (χ2v) is 11.7. The fraction of sp³-hybridized carbons (Fsp3) is 0.450. The number of amides is 2. The molecule has 1 aliphatic rings. The summed E-state index contributed by atoms with van der Waals surface area (Å²) in [5, 5.41) is 3.00. The standard InChI is InChI=1S/C20H26ClN3O3S2/c1-15-5-4-6-16(13-15)20(2,3)14-22-19(25)23-9-11-24(12-10-23)29(26,27)18-8-7-17(21)28-18/h4-8,13H,9-12,14H2,1-3H3,(H,22,25). The number of halogens is 1. The average Bonchev–Trinajstić information content (AvgIpc) is 3.13. The minimum Gasteiger partial charge on any atom is -0.337 e. The monoisotopic (exact) mass is 455 g/mol. The number of piperazine rings is 1. The number of sulfonamides is 1. The van der Waals surface area contributed by atoms with Crippen LogP contribution in [0.2, 0.25) is 4.34 Å². The molecule has 0 atom stereocenters. The zero-order valence-electron chi connectivity index (χ0n) is 16.8. The van der Waals surface area contributed by atoms with Crippen LogP contribution in [-0.2, 0) is 15.4 Å². The van der Waals surface area contributed by atoms with Crippen molar-refractivity contribution in [1.82, 2.24) is 14.5 Å². The van der Waals surface area contributed by atoms with E-state index in [0.717, 1.165) is 11.3 Å². The number of benzene rings is 1. The van der Waals surface area contributed by atoms with Gasteiger partial charge in [-0.3, -0.25) is 0 Å². The molecular formula is C20H26ClN3O3S2. The van der Waals surface area contributed by atoms with Gasteiger partial charge in [0.05, 0.1) is 4.34 Å². The van der Waals surface area contributed by atoms with Gasteiger partial charge in [-0.15, -0.1) is 11.3 Å². The maximum Gasteiger partial charge on any atom is 0.317 e. The average molecular weight is 456 g/mol. The predicted octanol–water partition coefficient (Wildman–Crippen LogP) is 3.70. The zero-order valence-corrected chi connectivity index (χ0v) is 19.2. The molecule has 1 fully saturated rings. The van der Waals surface area contributed by atoms with Crippen molar-refractivity contribution in [2.24, 2.45) is 0 Å². The molecule has 1 aromatic carbocycles. The molecule has 3 rings (SSSR count). The Bertz CT molecular complexity index is 980. The predicted molar refractivity (Wildman–Crippen MR) is 117 cm³/mol. The van der Waals surface area contributed by atoms with E-state index in [1.54, 1.807) is 11.0 Å². The third-order valence-electron chi connectivity index (χ3n) is 5.15. The number of carbonyl (C=O) groups is 1. The van der Waals surface area contributed by atoms with Gasteiger partial charge in [0.15, 0.2) is 0 Å². The third kappa shape index (κ3) is 5.12. The molecular weight excluding hydrogens is 430 g/mol. The summed E-state index contributed by atoms with van der Waals surface area (Å²) in [6.07, 6.45) is 0. The molecule has 158 valence electrons. The van der Waals surface area contributed by atoms with Crippen LogP contribution in [0.15, 0.2) is 40.6 Å². The van der Waals surface area contributed by atoms with E-state index in [-0.39, 0.29) is 28.7 Å². The van der Waals surface area contributed by atoms with Crippen LogP contribution in [0.3, 0.4) is 0 Å². The summed E-state index contributed by atoms with van der Waals surface area (Å²) in [4.78, 5) is 14.3. The number of rotatable bonds is 5.